The zero-order valence-corrected chi connectivity index (χ0v) is 11.0. The van der Waals surface area contributed by atoms with Gasteiger partial charge < -0.3 is 4.74 Å². The number of carbonyl (C=O) groups is 2. The second-order valence-electron chi connectivity index (χ2n) is 5.40. The zero-order chi connectivity index (χ0) is 14.0. The second-order valence-corrected chi connectivity index (χ2v) is 5.40. The van der Waals surface area contributed by atoms with Crippen molar-refractivity contribution >= 4 is 11.8 Å². The molecule has 0 spiro atoms. The number of fused-ring (bicyclic) bond motifs is 1. The van der Waals surface area contributed by atoms with E-state index in [2.05, 4.69) is 0 Å². The summed E-state index contributed by atoms with van der Waals surface area (Å²) in [6.45, 7) is 1.97. The van der Waals surface area contributed by atoms with Crippen molar-refractivity contribution in [2.45, 2.75) is 45.1 Å². The fourth-order valence-corrected chi connectivity index (χ4v) is 3.47. The van der Waals surface area contributed by atoms with Gasteiger partial charge in [0, 0.05) is 29.6 Å². The fraction of sp³-hybridized carbons (Fsp3) is 0.846. The number of hydrogen-bond donors (Lipinski definition) is 0. The molecule has 4 atom stereocenters. The van der Waals surface area contributed by atoms with E-state index in [9.17, 15) is 19.7 Å². The monoisotopic (exact) mass is 269 g/mol. The number of esters is 1. The van der Waals surface area contributed by atoms with Gasteiger partial charge >= 0.3 is 5.97 Å². The van der Waals surface area contributed by atoms with E-state index in [4.69, 9.17) is 4.74 Å². The maximum Gasteiger partial charge on any atom is 0.309 e. The van der Waals surface area contributed by atoms with Gasteiger partial charge in [-0.2, -0.15) is 0 Å². The average molecular weight is 269 g/mol. The summed E-state index contributed by atoms with van der Waals surface area (Å²) >= 11 is 0. The van der Waals surface area contributed by atoms with Gasteiger partial charge in [-0.05, 0) is 26.2 Å². The summed E-state index contributed by atoms with van der Waals surface area (Å²) in [6, 6.07) is -0.780. The topological polar surface area (TPSA) is 86.5 Å². The van der Waals surface area contributed by atoms with Crippen molar-refractivity contribution in [2.75, 3.05) is 6.61 Å². The van der Waals surface area contributed by atoms with Gasteiger partial charge in [0.2, 0.25) is 6.04 Å². The van der Waals surface area contributed by atoms with Crippen LogP contribution in [0.1, 0.15) is 39.0 Å². The Balaban J connectivity index is 2.17. The smallest absolute Gasteiger partial charge is 0.309 e. The van der Waals surface area contributed by atoms with Crippen molar-refractivity contribution in [3.05, 3.63) is 10.1 Å². The van der Waals surface area contributed by atoms with E-state index < -0.39 is 17.9 Å². The molecule has 6 heteroatoms. The molecule has 0 aromatic rings. The van der Waals surface area contributed by atoms with Gasteiger partial charge in [0.25, 0.3) is 0 Å². The molecule has 0 amide bonds. The Bertz CT molecular complexity index is 386. The fourth-order valence-electron chi connectivity index (χ4n) is 3.47. The molecular weight excluding hydrogens is 250 g/mol. The van der Waals surface area contributed by atoms with Crippen LogP contribution in [0.25, 0.3) is 0 Å². The van der Waals surface area contributed by atoms with Crippen molar-refractivity contribution in [1.82, 2.24) is 0 Å². The quantitative estimate of drug-likeness (QED) is 0.441. The van der Waals surface area contributed by atoms with E-state index in [0.29, 0.717) is 12.8 Å². The van der Waals surface area contributed by atoms with Crippen molar-refractivity contribution < 1.29 is 19.2 Å². The lowest BCUT2D eigenvalue weighted by molar-refractivity contribution is -0.539. The van der Waals surface area contributed by atoms with E-state index in [-0.39, 0.29) is 35.6 Å². The maximum atomic E-state index is 11.9. The molecule has 0 bridgehead atoms. The molecule has 6 nitrogen and oxygen atoms in total. The SMILES string of the molecule is CCOC(=O)[C@@H]1C[C@@H]2C(=O)CCC[C@H]2[C@H]([N+](=O)[O-])C1. The van der Waals surface area contributed by atoms with Crippen LogP contribution in [0.2, 0.25) is 0 Å². The molecule has 0 aromatic heterocycles. The molecule has 2 fully saturated rings. The molecule has 0 unspecified atom stereocenters. The predicted octanol–water partition coefficient (Wildman–Crippen LogP) is 1.59. The molecule has 0 radical (unpaired) electrons. The molecular formula is C13H19NO5. The number of ketones is 1. The zero-order valence-electron chi connectivity index (χ0n) is 11.0. The number of rotatable bonds is 3. The van der Waals surface area contributed by atoms with Crippen LogP contribution in [0.4, 0.5) is 0 Å². The largest absolute Gasteiger partial charge is 0.466 e. The third-order valence-electron chi connectivity index (χ3n) is 4.34. The maximum absolute atomic E-state index is 11.9. The Kier molecular flexibility index (Phi) is 4.17. The van der Waals surface area contributed by atoms with Crippen molar-refractivity contribution in [1.29, 1.82) is 0 Å². The van der Waals surface area contributed by atoms with Crippen LogP contribution in [-0.4, -0.2) is 29.3 Å². The lowest BCUT2D eigenvalue weighted by atomic mass is 9.64. The van der Waals surface area contributed by atoms with Gasteiger partial charge in [-0.3, -0.25) is 19.7 Å². The summed E-state index contributed by atoms with van der Waals surface area (Å²) in [5.41, 5.74) is 0. The number of nitrogens with zero attached hydrogens (tertiary/aromatic N) is 1. The number of nitro groups is 1. The summed E-state index contributed by atoms with van der Waals surface area (Å²) in [7, 11) is 0. The van der Waals surface area contributed by atoms with Gasteiger partial charge in [-0.15, -0.1) is 0 Å². The van der Waals surface area contributed by atoms with Crippen molar-refractivity contribution in [3.8, 4) is 0 Å². The van der Waals surface area contributed by atoms with Gasteiger partial charge in [-0.25, -0.2) is 0 Å². The summed E-state index contributed by atoms with van der Waals surface area (Å²) in [6.07, 6.45) is 2.57. The third-order valence-corrected chi connectivity index (χ3v) is 4.34. The Morgan fingerprint density at radius 3 is 2.84 bits per heavy atom. The van der Waals surface area contributed by atoms with Crippen LogP contribution in [0.5, 0.6) is 0 Å². The van der Waals surface area contributed by atoms with E-state index >= 15 is 0 Å². The molecule has 2 aliphatic rings. The summed E-state index contributed by atoms with van der Waals surface area (Å²) in [5, 5.41) is 11.2. The first-order valence-corrected chi connectivity index (χ1v) is 6.87. The summed E-state index contributed by atoms with van der Waals surface area (Å²) < 4.78 is 4.95. The molecule has 2 rings (SSSR count). The van der Waals surface area contributed by atoms with Gasteiger partial charge in [0.1, 0.15) is 5.78 Å². The molecule has 19 heavy (non-hydrogen) atoms. The minimum atomic E-state index is -0.780. The molecule has 2 aliphatic carbocycles. The van der Waals surface area contributed by atoms with E-state index in [1.54, 1.807) is 6.92 Å². The van der Waals surface area contributed by atoms with E-state index in [0.717, 1.165) is 12.8 Å². The Labute approximate surface area is 111 Å². The van der Waals surface area contributed by atoms with Crippen molar-refractivity contribution in [3.63, 3.8) is 0 Å². The second kappa shape index (κ2) is 5.67. The van der Waals surface area contributed by atoms with E-state index in [1.165, 1.54) is 0 Å². The van der Waals surface area contributed by atoms with Gasteiger partial charge in [0.05, 0.1) is 12.5 Å². The van der Waals surface area contributed by atoms with Crippen LogP contribution in [0.15, 0.2) is 0 Å². The molecule has 106 valence electrons. The first kappa shape index (κ1) is 14.0. The lowest BCUT2D eigenvalue weighted by Gasteiger charge is -2.38. The highest BCUT2D eigenvalue weighted by atomic mass is 16.6. The van der Waals surface area contributed by atoms with Crippen molar-refractivity contribution in [2.24, 2.45) is 17.8 Å². The third kappa shape index (κ3) is 2.77. The molecule has 0 saturated heterocycles. The van der Waals surface area contributed by atoms with Crippen LogP contribution in [0.3, 0.4) is 0 Å². The Hall–Kier alpha value is -1.46. The van der Waals surface area contributed by atoms with Crippen LogP contribution in [0, 0.1) is 27.9 Å². The van der Waals surface area contributed by atoms with Crippen LogP contribution < -0.4 is 0 Å². The lowest BCUT2D eigenvalue weighted by Crippen LogP contribution is -2.47. The van der Waals surface area contributed by atoms with Gasteiger partial charge in [-0.1, -0.05) is 0 Å². The highest BCUT2D eigenvalue weighted by Crippen LogP contribution is 2.42. The summed E-state index contributed by atoms with van der Waals surface area (Å²) in [4.78, 5) is 34.6. The normalized spacial score (nSPS) is 34.5. The molecule has 0 aromatic carbocycles. The molecule has 0 heterocycles. The number of carbonyl (C=O) groups excluding carboxylic acids is 2. The number of hydrogen-bond acceptors (Lipinski definition) is 5. The Morgan fingerprint density at radius 1 is 1.47 bits per heavy atom. The van der Waals surface area contributed by atoms with Gasteiger partial charge in [0.15, 0.2) is 0 Å². The molecule has 0 N–H and O–H groups in total. The average Bonchev–Trinajstić information content (AvgIpc) is 2.38. The first-order valence-electron chi connectivity index (χ1n) is 6.87. The predicted molar refractivity (Wildman–Crippen MR) is 66.0 cm³/mol. The molecule has 0 aliphatic heterocycles. The minimum Gasteiger partial charge on any atom is -0.466 e. The summed E-state index contributed by atoms with van der Waals surface area (Å²) in [5.74, 6) is -1.34. The van der Waals surface area contributed by atoms with Crippen LogP contribution >= 0.6 is 0 Å². The number of Topliss-reactive ketones (excluding diaryl/α,β-unsaturated/α-hetero) is 1. The highest BCUT2D eigenvalue weighted by molar-refractivity contribution is 5.83. The number of ether oxygens (including phenoxy) is 1. The van der Waals surface area contributed by atoms with Crippen LogP contribution in [-0.2, 0) is 14.3 Å². The standard InChI is InChI=1S/C13H19NO5/c1-2-19-13(16)8-6-10-9(4-3-5-12(10)15)11(7-8)14(17)18/h8-11H,2-7H2,1H3/t8-,9-,10+,11-/m1/s1. The minimum absolute atomic E-state index is 0.0806. The first-order chi connectivity index (χ1) is 9.04. The highest BCUT2D eigenvalue weighted by Gasteiger charge is 2.50. The van der Waals surface area contributed by atoms with E-state index in [1.807, 2.05) is 0 Å². The Morgan fingerprint density at radius 2 is 2.21 bits per heavy atom. The molecule has 2 saturated carbocycles.